The van der Waals surface area contributed by atoms with Crippen LogP contribution < -0.4 is 4.90 Å². The van der Waals surface area contributed by atoms with Crippen LogP contribution in [0.15, 0.2) is 102 Å². The van der Waals surface area contributed by atoms with Gasteiger partial charge in [-0.1, -0.05) is 66.3 Å². The van der Waals surface area contributed by atoms with Crippen LogP contribution in [0.3, 0.4) is 0 Å². The van der Waals surface area contributed by atoms with Crippen LogP contribution in [0.25, 0.3) is 5.57 Å². The van der Waals surface area contributed by atoms with Crippen LogP contribution in [0, 0.1) is 6.92 Å². The van der Waals surface area contributed by atoms with Gasteiger partial charge in [0.2, 0.25) is 0 Å². The third-order valence-corrected chi connectivity index (χ3v) is 5.86. The molecule has 0 spiro atoms. The van der Waals surface area contributed by atoms with E-state index in [4.69, 9.17) is 0 Å². The number of rotatable bonds is 5. The van der Waals surface area contributed by atoms with Crippen molar-refractivity contribution in [3.8, 4) is 0 Å². The second kappa shape index (κ2) is 8.53. The highest BCUT2D eigenvalue weighted by atomic mass is 15.1. The lowest BCUT2D eigenvalue weighted by molar-refractivity contribution is 0.874. The molecule has 0 fully saturated rings. The molecule has 0 saturated heterocycles. The minimum Gasteiger partial charge on any atom is -0.314 e. The predicted octanol–water partition coefficient (Wildman–Crippen LogP) is 8.05. The summed E-state index contributed by atoms with van der Waals surface area (Å²) in [7, 11) is 0. The first-order chi connectivity index (χ1) is 14.1. The summed E-state index contributed by atoms with van der Waals surface area (Å²) in [5.74, 6) is 0. The topological polar surface area (TPSA) is 3.24 Å². The van der Waals surface area contributed by atoms with Gasteiger partial charge in [0, 0.05) is 17.1 Å². The first-order valence-electron chi connectivity index (χ1n) is 10.5. The molecule has 0 N–H and O–H groups in total. The number of benzene rings is 2. The van der Waals surface area contributed by atoms with E-state index in [0.717, 1.165) is 25.7 Å². The highest BCUT2D eigenvalue weighted by molar-refractivity contribution is 5.74. The lowest BCUT2D eigenvalue weighted by Crippen LogP contribution is -2.17. The second-order valence-corrected chi connectivity index (χ2v) is 8.03. The van der Waals surface area contributed by atoms with E-state index >= 15 is 0 Å². The molecule has 0 atom stereocenters. The molecule has 1 nitrogen and oxygen atoms in total. The number of hydrogen-bond acceptors (Lipinski definition) is 1. The van der Waals surface area contributed by atoms with E-state index in [1.54, 1.807) is 0 Å². The van der Waals surface area contributed by atoms with Crippen molar-refractivity contribution in [1.82, 2.24) is 0 Å². The van der Waals surface area contributed by atoms with Gasteiger partial charge in [0.25, 0.3) is 0 Å². The van der Waals surface area contributed by atoms with Gasteiger partial charge in [-0.25, -0.2) is 0 Å². The average Bonchev–Trinajstić information content (AvgIpc) is 2.77. The zero-order chi connectivity index (χ0) is 20.2. The quantitative estimate of drug-likeness (QED) is 0.508. The van der Waals surface area contributed by atoms with Gasteiger partial charge in [0.1, 0.15) is 0 Å². The molecule has 0 aromatic heterocycles. The Bertz CT molecular complexity index is 1010. The molecule has 2 aromatic rings. The fraction of sp³-hybridized carbons (Fsp3) is 0.214. The predicted molar refractivity (Wildman–Crippen MR) is 126 cm³/mol. The van der Waals surface area contributed by atoms with E-state index in [9.17, 15) is 0 Å². The maximum Gasteiger partial charge on any atom is 0.0458 e. The number of allylic oxidation sites excluding steroid dienone is 9. The lowest BCUT2D eigenvalue weighted by atomic mass is 9.93. The summed E-state index contributed by atoms with van der Waals surface area (Å²) in [4.78, 5) is 2.40. The first-order valence-corrected chi connectivity index (χ1v) is 10.5. The zero-order valence-corrected chi connectivity index (χ0v) is 17.5. The molecule has 2 aliphatic carbocycles. The van der Waals surface area contributed by atoms with Gasteiger partial charge in [-0.15, -0.1) is 0 Å². The summed E-state index contributed by atoms with van der Waals surface area (Å²) in [5.41, 5.74) is 10.6. The van der Waals surface area contributed by atoms with Gasteiger partial charge in [-0.2, -0.15) is 0 Å². The van der Waals surface area contributed by atoms with Crippen LogP contribution >= 0.6 is 0 Å². The van der Waals surface area contributed by atoms with Gasteiger partial charge in [0.05, 0.1) is 0 Å². The van der Waals surface area contributed by atoms with Crippen molar-refractivity contribution in [3.05, 3.63) is 113 Å². The number of nitrogens with zero attached hydrogens (tertiary/aromatic N) is 1. The maximum atomic E-state index is 3.88. The Morgan fingerprint density at radius 1 is 0.724 bits per heavy atom. The third-order valence-electron chi connectivity index (χ3n) is 5.86. The van der Waals surface area contributed by atoms with Crippen LogP contribution in [0.5, 0.6) is 0 Å². The third kappa shape index (κ3) is 4.35. The second-order valence-electron chi connectivity index (χ2n) is 8.03. The van der Waals surface area contributed by atoms with Gasteiger partial charge in [0.15, 0.2) is 0 Å². The highest BCUT2D eigenvalue weighted by Crippen LogP contribution is 2.35. The summed E-state index contributed by atoms with van der Waals surface area (Å²) in [6.07, 6.45) is 15.3. The minimum atomic E-state index is 1.07. The minimum absolute atomic E-state index is 1.07. The van der Waals surface area contributed by atoms with Crippen LogP contribution in [0.2, 0.25) is 0 Å². The van der Waals surface area contributed by atoms with E-state index in [0.29, 0.717) is 0 Å². The van der Waals surface area contributed by atoms with Crippen LogP contribution in [-0.4, -0.2) is 0 Å². The fourth-order valence-corrected chi connectivity index (χ4v) is 3.98. The van der Waals surface area contributed by atoms with Crippen molar-refractivity contribution < 1.29 is 0 Å². The molecule has 0 saturated carbocycles. The lowest BCUT2D eigenvalue weighted by Gasteiger charge is -2.30. The van der Waals surface area contributed by atoms with E-state index < -0.39 is 0 Å². The Balaban J connectivity index is 1.68. The van der Waals surface area contributed by atoms with E-state index in [2.05, 4.69) is 98.2 Å². The average molecular weight is 380 g/mol. The van der Waals surface area contributed by atoms with Gasteiger partial charge in [-0.3, -0.25) is 0 Å². The van der Waals surface area contributed by atoms with Crippen molar-refractivity contribution in [1.29, 1.82) is 0 Å². The summed E-state index contributed by atoms with van der Waals surface area (Å²) < 4.78 is 0. The number of anilines is 2. The summed E-state index contributed by atoms with van der Waals surface area (Å²) in [5, 5.41) is 0. The Labute approximate surface area is 175 Å². The molecular formula is C28H29N. The van der Waals surface area contributed by atoms with Gasteiger partial charge in [-0.05, 0) is 86.6 Å². The van der Waals surface area contributed by atoms with E-state index in [1.165, 1.54) is 44.9 Å². The number of hydrogen-bond donors (Lipinski definition) is 0. The molecule has 0 heterocycles. The van der Waals surface area contributed by atoms with Crippen LogP contribution in [0.4, 0.5) is 11.4 Å². The Hall–Kier alpha value is -3.06. The van der Waals surface area contributed by atoms with E-state index in [1.807, 2.05) is 6.08 Å². The molecule has 2 aromatic carbocycles. The van der Waals surface area contributed by atoms with Crippen molar-refractivity contribution in [2.75, 3.05) is 4.90 Å². The highest BCUT2D eigenvalue weighted by Gasteiger charge is 2.17. The summed E-state index contributed by atoms with van der Waals surface area (Å²) in [6.45, 7) is 8.23. The monoisotopic (exact) mass is 379 g/mol. The summed E-state index contributed by atoms with van der Waals surface area (Å²) in [6, 6.07) is 17.9. The molecule has 29 heavy (non-hydrogen) atoms. The maximum absolute atomic E-state index is 3.88. The Morgan fingerprint density at radius 3 is 1.97 bits per heavy atom. The molecule has 0 bridgehead atoms. The molecular weight excluding hydrogens is 350 g/mol. The zero-order valence-electron chi connectivity index (χ0n) is 17.5. The molecule has 0 unspecified atom stereocenters. The molecule has 4 rings (SSSR count). The first kappa shape index (κ1) is 19.3. The smallest absolute Gasteiger partial charge is 0.0458 e. The van der Waals surface area contributed by atoms with Crippen molar-refractivity contribution in [3.63, 3.8) is 0 Å². The SMILES string of the molecule is C=CC1=CC=C(c2ccc(N(C3=CC=C(C)CC3)c3ccc(C)cc3)cc2)CC1. The Kier molecular flexibility index (Phi) is 5.67. The van der Waals surface area contributed by atoms with Crippen molar-refractivity contribution >= 4 is 16.9 Å². The van der Waals surface area contributed by atoms with Crippen LogP contribution in [-0.2, 0) is 0 Å². The fourth-order valence-electron chi connectivity index (χ4n) is 3.98. The van der Waals surface area contributed by atoms with E-state index in [-0.39, 0.29) is 0 Å². The molecule has 0 aliphatic heterocycles. The number of aryl methyl sites for hydroxylation is 1. The standard InChI is InChI=1S/C28H29N/c1-4-23-9-11-24(12-10-23)25-13-19-28(20-14-25)29(26-15-5-21(2)6-16-26)27-17-7-22(3)8-18-27/h4-7,9,11,13-17,19-20H,1,8,10,12,18H2,2-3H3. The van der Waals surface area contributed by atoms with Crippen molar-refractivity contribution in [2.45, 2.75) is 39.5 Å². The molecule has 146 valence electrons. The molecule has 0 amide bonds. The largest absolute Gasteiger partial charge is 0.314 e. The molecule has 2 aliphatic rings. The van der Waals surface area contributed by atoms with Crippen LogP contribution in [0.1, 0.15) is 43.7 Å². The normalized spacial score (nSPS) is 16.3. The molecule has 1 heteroatoms. The Morgan fingerprint density at radius 2 is 1.41 bits per heavy atom. The van der Waals surface area contributed by atoms with Gasteiger partial charge < -0.3 is 4.90 Å². The van der Waals surface area contributed by atoms with Gasteiger partial charge >= 0.3 is 0 Å². The van der Waals surface area contributed by atoms with Crippen molar-refractivity contribution in [2.24, 2.45) is 0 Å². The molecule has 0 radical (unpaired) electrons. The summed E-state index contributed by atoms with van der Waals surface area (Å²) >= 11 is 0.